The Kier molecular flexibility index (Phi) is 3.79. The number of esters is 1. The second kappa shape index (κ2) is 4.91. The zero-order valence-electron chi connectivity index (χ0n) is 9.40. The van der Waals surface area contributed by atoms with Crippen LogP contribution in [-0.4, -0.2) is 23.9 Å². The predicted molar refractivity (Wildman–Crippen MR) is 61.4 cm³/mol. The van der Waals surface area contributed by atoms with Crippen molar-refractivity contribution in [3.8, 4) is 0 Å². The molecule has 0 radical (unpaired) electrons. The highest BCUT2D eigenvalue weighted by Crippen LogP contribution is 2.38. The molecule has 7 nitrogen and oxygen atoms in total. The van der Waals surface area contributed by atoms with Gasteiger partial charge in [-0.2, -0.15) is 0 Å². The quantitative estimate of drug-likeness (QED) is 0.505. The lowest BCUT2D eigenvalue weighted by Crippen LogP contribution is -2.11. The Balaban J connectivity index is 3.41. The van der Waals surface area contributed by atoms with Crippen LogP contribution in [0.15, 0.2) is 0 Å². The molecule has 0 spiro atoms. The Morgan fingerprint density at radius 1 is 1.47 bits per heavy atom. The number of anilines is 1. The number of carbonyl (C=O) groups is 2. The van der Waals surface area contributed by atoms with Crippen molar-refractivity contribution in [1.82, 2.24) is 0 Å². The lowest BCUT2D eigenvalue weighted by Gasteiger charge is -2.01. The van der Waals surface area contributed by atoms with Gasteiger partial charge >= 0.3 is 5.97 Å². The number of hydrogen-bond acceptors (Lipinski definition) is 6. The lowest BCUT2D eigenvalue weighted by molar-refractivity contribution is -0.385. The molecule has 0 bridgehead atoms. The summed E-state index contributed by atoms with van der Waals surface area (Å²) >= 11 is 0.967. The number of nitrogens with one attached hydrogen (secondary N) is 1. The second-order valence-electron chi connectivity index (χ2n) is 3.14. The molecule has 1 heterocycles. The van der Waals surface area contributed by atoms with Crippen LogP contribution in [0.1, 0.15) is 22.2 Å². The summed E-state index contributed by atoms with van der Waals surface area (Å²) in [5, 5.41) is 13.4. The minimum Gasteiger partial charge on any atom is -0.465 e. The molecule has 1 amide bonds. The zero-order chi connectivity index (χ0) is 13.2. The number of aryl methyl sites for hydroxylation is 1. The molecule has 0 saturated heterocycles. The van der Waals surface area contributed by atoms with Gasteiger partial charge in [-0.05, 0) is 6.92 Å². The van der Waals surface area contributed by atoms with Gasteiger partial charge in [0.25, 0.3) is 5.69 Å². The normalized spacial score (nSPS) is 9.82. The highest BCUT2D eigenvalue weighted by molar-refractivity contribution is 7.17. The summed E-state index contributed by atoms with van der Waals surface area (Å²) in [4.78, 5) is 32.9. The first-order valence-corrected chi connectivity index (χ1v) is 5.33. The van der Waals surface area contributed by atoms with Crippen LogP contribution in [0.2, 0.25) is 0 Å². The Bertz CT molecular complexity index is 494. The molecule has 8 heteroatoms. The molecule has 0 fully saturated rings. The van der Waals surface area contributed by atoms with Crippen molar-refractivity contribution in [3.63, 3.8) is 0 Å². The van der Waals surface area contributed by atoms with E-state index in [1.54, 1.807) is 0 Å². The maximum atomic E-state index is 11.5. The van der Waals surface area contributed by atoms with E-state index in [9.17, 15) is 19.7 Å². The minimum absolute atomic E-state index is 0.133. The SMILES string of the molecule is COC(=O)c1c(NC(C)=O)sc(C)c1[N+](=O)[O-]. The molecule has 0 aromatic carbocycles. The van der Waals surface area contributed by atoms with E-state index in [1.165, 1.54) is 13.8 Å². The molecule has 0 unspecified atom stereocenters. The topological polar surface area (TPSA) is 98.5 Å². The smallest absolute Gasteiger partial charge is 0.347 e. The molecule has 0 aliphatic rings. The molecule has 0 aliphatic heterocycles. The molecule has 1 N–H and O–H groups in total. The van der Waals surface area contributed by atoms with Crippen molar-refractivity contribution >= 4 is 33.9 Å². The fourth-order valence-electron chi connectivity index (χ4n) is 1.30. The molecular weight excluding hydrogens is 248 g/mol. The summed E-state index contributed by atoms with van der Waals surface area (Å²) < 4.78 is 4.47. The van der Waals surface area contributed by atoms with Gasteiger partial charge in [0, 0.05) is 6.92 Å². The average Bonchev–Trinajstić information content (AvgIpc) is 2.52. The molecule has 0 aliphatic carbocycles. The summed E-state index contributed by atoms with van der Waals surface area (Å²) in [6.45, 7) is 2.75. The van der Waals surface area contributed by atoms with E-state index < -0.39 is 16.8 Å². The summed E-state index contributed by atoms with van der Waals surface area (Å²) in [7, 11) is 1.12. The van der Waals surface area contributed by atoms with Crippen LogP contribution in [0.5, 0.6) is 0 Å². The largest absolute Gasteiger partial charge is 0.465 e. The van der Waals surface area contributed by atoms with Crippen LogP contribution in [0.25, 0.3) is 0 Å². The molecule has 1 rings (SSSR count). The van der Waals surface area contributed by atoms with Crippen molar-refractivity contribution in [1.29, 1.82) is 0 Å². The van der Waals surface area contributed by atoms with Crippen molar-refractivity contribution in [2.45, 2.75) is 13.8 Å². The van der Waals surface area contributed by atoms with Gasteiger partial charge in [-0.15, -0.1) is 11.3 Å². The van der Waals surface area contributed by atoms with Crippen LogP contribution in [-0.2, 0) is 9.53 Å². The number of nitrogens with zero attached hydrogens (tertiary/aromatic N) is 1. The van der Waals surface area contributed by atoms with Gasteiger partial charge in [0.05, 0.1) is 16.9 Å². The van der Waals surface area contributed by atoms with E-state index in [0.717, 1.165) is 18.4 Å². The number of hydrogen-bond donors (Lipinski definition) is 1. The van der Waals surface area contributed by atoms with E-state index in [2.05, 4.69) is 10.1 Å². The van der Waals surface area contributed by atoms with Crippen LogP contribution >= 0.6 is 11.3 Å². The minimum atomic E-state index is -0.843. The van der Waals surface area contributed by atoms with E-state index in [4.69, 9.17) is 0 Å². The van der Waals surface area contributed by atoms with Crippen molar-refractivity contribution in [2.75, 3.05) is 12.4 Å². The Labute approximate surface area is 101 Å². The highest BCUT2D eigenvalue weighted by atomic mass is 32.1. The third-order valence-corrected chi connectivity index (χ3v) is 2.92. The van der Waals surface area contributed by atoms with Gasteiger partial charge in [0.15, 0.2) is 5.56 Å². The lowest BCUT2D eigenvalue weighted by atomic mass is 10.2. The van der Waals surface area contributed by atoms with Gasteiger partial charge in [-0.3, -0.25) is 14.9 Å². The summed E-state index contributed by atoms with van der Waals surface area (Å²) in [5.41, 5.74) is -0.541. The van der Waals surface area contributed by atoms with Gasteiger partial charge in [0.1, 0.15) is 5.00 Å². The Hall–Kier alpha value is -1.96. The number of rotatable bonds is 3. The predicted octanol–water partition coefficient (Wildman–Crippen LogP) is 1.71. The first-order chi connectivity index (χ1) is 7.88. The van der Waals surface area contributed by atoms with E-state index >= 15 is 0 Å². The fourth-order valence-corrected chi connectivity index (χ4v) is 2.35. The molecular formula is C9H10N2O5S. The molecule has 1 aromatic heterocycles. The van der Waals surface area contributed by atoms with Crippen molar-refractivity contribution in [3.05, 3.63) is 20.6 Å². The fraction of sp³-hybridized carbons (Fsp3) is 0.333. The first kappa shape index (κ1) is 13.1. The molecule has 0 atom stereocenters. The van der Waals surface area contributed by atoms with Crippen molar-refractivity contribution in [2.24, 2.45) is 0 Å². The highest BCUT2D eigenvalue weighted by Gasteiger charge is 2.31. The van der Waals surface area contributed by atoms with Crippen LogP contribution in [0.3, 0.4) is 0 Å². The van der Waals surface area contributed by atoms with Gasteiger partial charge < -0.3 is 10.1 Å². The molecule has 0 saturated carbocycles. The Morgan fingerprint density at radius 2 is 2.06 bits per heavy atom. The average molecular weight is 258 g/mol. The second-order valence-corrected chi connectivity index (χ2v) is 4.37. The maximum absolute atomic E-state index is 11.5. The van der Waals surface area contributed by atoms with E-state index in [0.29, 0.717) is 4.88 Å². The third kappa shape index (κ3) is 2.59. The number of ether oxygens (including phenoxy) is 1. The number of methoxy groups -OCH3 is 1. The number of amides is 1. The molecule has 92 valence electrons. The van der Waals surface area contributed by atoms with Crippen molar-refractivity contribution < 1.29 is 19.2 Å². The van der Waals surface area contributed by atoms with Crippen LogP contribution < -0.4 is 5.32 Å². The Morgan fingerprint density at radius 3 is 2.47 bits per heavy atom. The third-order valence-electron chi connectivity index (χ3n) is 1.91. The molecule has 17 heavy (non-hydrogen) atoms. The van der Waals surface area contributed by atoms with E-state index in [1.807, 2.05) is 0 Å². The van der Waals surface area contributed by atoms with Gasteiger partial charge in [0.2, 0.25) is 5.91 Å². The summed E-state index contributed by atoms with van der Waals surface area (Å²) in [6.07, 6.45) is 0. The number of nitro groups is 1. The molecule has 1 aromatic rings. The van der Waals surface area contributed by atoms with Gasteiger partial charge in [-0.25, -0.2) is 4.79 Å². The number of thiophene rings is 1. The summed E-state index contributed by atoms with van der Waals surface area (Å²) in [6, 6.07) is 0. The maximum Gasteiger partial charge on any atom is 0.347 e. The van der Waals surface area contributed by atoms with E-state index in [-0.39, 0.29) is 16.3 Å². The zero-order valence-corrected chi connectivity index (χ0v) is 10.2. The van der Waals surface area contributed by atoms with Gasteiger partial charge in [-0.1, -0.05) is 0 Å². The standard InChI is InChI=1S/C9H10N2O5S/c1-4-7(11(14)15)6(9(13)16-3)8(17-4)10-5(2)12/h1-3H3,(H,10,12). The van der Waals surface area contributed by atoms with Crippen LogP contribution in [0.4, 0.5) is 10.7 Å². The monoisotopic (exact) mass is 258 g/mol. The first-order valence-electron chi connectivity index (χ1n) is 4.52. The van der Waals surface area contributed by atoms with Crippen LogP contribution in [0, 0.1) is 17.0 Å². The summed E-state index contributed by atoms with van der Waals surface area (Å²) in [5.74, 6) is -1.25. The number of carbonyl (C=O) groups excluding carboxylic acids is 2.